The molecule has 152 valence electrons. The number of hydrogen-bond donors (Lipinski definition) is 0. The Morgan fingerprint density at radius 3 is 2.93 bits per heavy atom. The SMILES string of the molecule is CCOC(=O)[C@@H]1CCCN(C2CCN(Cc3nc(-c4cccs4)no3)CC2)C1. The van der Waals surface area contributed by atoms with Crippen LogP contribution in [-0.2, 0) is 16.1 Å². The third-order valence-corrected chi connectivity index (χ3v) is 6.58. The second-order valence-electron chi connectivity index (χ2n) is 7.58. The van der Waals surface area contributed by atoms with Gasteiger partial charge in [0, 0.05) is 25.7 Å². The Balaban J connectivity index is 1.26. The molecular formula is C20H28N4O3S. The average molecular weight is 405 g/mol. The minimum absolute atomic E-state index is 0.0254. The van der Waals surface area contributed by atoms with E-state index in [1.54, 1.807) is 11.3 Å². The summed E-state index contributed by atoms with van der Waals surface area (Å²) in [5.41, 5.74) is 0. The minimum Gasteiger partial charge on any atom is -0.466 e. The molecule has 2 saturated heterocycles. The summed E-state index contributed by atoms with van der Waals surface area (Å²) in [6.45, 7) is 7.02. The molecular weight excluding hydrogens is 376 g/mol. The molecule has 2 aromatic rings. The van der Waals surface area contributed by atoms with Crippen molar-refractivity contribution in [3.63, 3.8) is 0 Å². The van der Waals surface area contributed by atoms with Crippen molar-refractivity contribution in [1.82, 2.24) is 19.9 Å². The molecule has 2 aliphatic heterocycles. The Kier molecular flexibility index (Phi) is 6.39. The molecule has 28 heavy (non-hydrogen) atoms. The zero-order valence-corrected chi connectivity index (χ0v) is 17.2. The molecule has 0 amide bonds. The monoisotopic (exact) mass is 404 g/mol. The first-order valence-corrected chi connectivity index (χ1v) is 11.1. The molecule has 0 unspecified atom stereocenters. The second-order valence-corrected chi connectivity index (χ2v) is 8.53. The molecule has 0 aromatic carbocycles. The molecule has 0 radical (unpaired) electrons. The maximum atomic E-state index is 12.1. The van der Waals surface area contributed by atoms with E-state index in [9.17, 15) is 4.79 Å². The molecule has 0 saturated carbocycles. The van der Waals surface area contributed by atoms with Crippen molar-refractivity contribution in [3.05, 3.63) is 23.4 Å². The number of esters is 1. The predicted octanol–water partition coefficient (Wildman–Crippen LogP) is 3.04. The van der Waals surface area contributed by atoms with Crippen molar-refractivity contribution in [1.29, 1.82) is 0 Å². The van der Waals surface area contributed by atoms with Gasteiger partial charge in [-0.2, -0.15) is 4.98 Å². The number of ether oxygens (including phenoxy) is 1. The summed E-state index contributed by atoms with van der Waals surface area (Å²) in [6, 6.07) is 4.55. The summed E-state index contributed by atoms with van der Waals surface area (Å²) < 4.78 is 10.7. The Morgan fingerprint density at radius 1 is 1.32 bits per heavy atom. The van der Waals surface area contributed by atoms with Crippen molar-refractivity contribution in [2.45, 2.75) is 45.2 Å². The van der Waals surface area contributed by atoms with Crippen LogP contribution in [0.4, 0.5) is 0 Å². The number of aromatic nitrogens is 2. The molecule has 4 rings (SSSR count). The lowest BCUT2D eigenvalue weighted by molar-refractivity contribution is -0.150. The molecule has 2 aliphatic rings. The minimum atomic E-state index is -0.0254. The van der Waals surface area contributed by atoms with Crippen molar-refractivity contribution in [2.24, 2.45) is 5.92 Å². The van der Waals surface area contributed by atoms with Gasteiger partial charge in [0.1, 0.15) is 0 Å². The molecule has 0 N–H and O–H groups in total. The van der Waals surface area contributed by atoms with Crippen molar-refractivity contribution >= 4 is 17.3 Å². The summed E-state index contributed by atoms with van der Waals surface area (Å²) in [4.78, 5) is 22.5. The van der Waals surface area contributed by atoms with Crippen LogP contribution in [0.2, 0.25) is 0 Å². The summed E-state index contributed by atoms with van der Waals surface area (Å²) in [6.07, 6.45) is 4.26. The van der Waals surface area contributed by atoms with Crippen LogP contribution < -0.4 is 0 Å². The van der Waals surface area contributed by atoms with Crippen LogP contribution in [0.3, 0.4) is 0 Å². The third kappa shape index (κ3) is 4.61. The summed E-state index contributed by atoms with van der Waals surface area (Å²) in [5, 5.41) is 6.12. The largest absolute Gasteiger partial charge is 0.466 e. The fourth-order valence-electron chi connectivity index (χ4n) is 4.25. The number of likely N-dealkylation sites (tertiary alicyclic amines) is 2. The molecule has 8 heteroatoms. The highest BCUT2D eigenvalue weighted by molar-refractivity contribution is 7.13. The molecule has 7 nitrogen and oxygen atoms in total. The average Bonchev–Trinajstić information content (AvgIpc) is 3.41. The van der Waals surface area contributed by atoms with Gasteiger partial charge in [0.25, 0.3) is 0 Å². The summed E-state index contributed by atoms with van der Waals surface area (Å²) >= 11 is 1.62. The second kappa shape index (κ2) is 9.15. The van der Waals surface area contributed by atoms with Gasteiger partial charge in [0.2, 0.25) is 11.7 Å². The fraction of sp³-hybridized carbons (Fsp3) is 0.650. The molecule has 2 fully saturated rings. The van der Waals surface area contributed by atoms with Gasteiger partial charge in [0.05, 0.1) is 23.9 Å². The molecule has 0 spiro atoms. The Labute approximate surface area is 169 Å². The van der Waals surface area contributed by atoms with Crippen LogP contribution >= 0.6 is 11.3 Å². The molecule has 4 heterocycles. The van der Waals surface area contributed by atoms with Gasteiger partial charge in [0.15, 0.2) is 0 Å². The molecule has 2 aromatic heterocycles. The number of piperidine rings is 2. The van der Waals surface area contributed by atoms with Crippen LogP contribution in [-0.4, -0.2) is 64.7 Å². The lowest BCUT2D eigenvalue weighted by Gasteiger charge is -2.41. The van der Waals surface area contributed by atoms with E-state index in [1.165, 1.54) is 0 Å². The van der Waals surface area contributed by atoms with E-state index in [1.807, 2.05) is 24.4 Å². The van der Waals surface area contributed by atoms with Crippen LogP contribution in [0, 0.1) is 5.92 Å². The maximum absolute atomic E-state index is 12.1. The normalized spacial score (nSPS) is 22.4. The Morgan fingerprint density at radius 2 is 2.18 bits per heavy atom. The molecule has 1 atom stereocenters. The first kappa shape index (κ1) is 19.5. The van der Waals surface area contributed by atoms with E-state index in [4.69, 9.17) is 9.26 Å². The van der Waals surface area contributed by atoms with Crippen LogP contribution in [0.15, 0.2) is 22.0 Å². The van der Waals surface area contributed by atoms with E-state index in [2.05, 4.69) is 19.9 Å². The lowest BCUT2D eigenvalue weighted by Crippen LogP contribution is -2.49. The number of hydrogen-bond acceptors (Lipinski definition) is 8. The van der Waals surface area contributed by atoms with Crippen LogP contribution in [0.25, 0.3) is 10.7 Å². The topological polar surface area (TPSA) is 71.7 Å². The smallest absolute Gasteiger partial charge is 0.310 e. The number of rotatable bonds is 6. The van der Waals surface area contributed by atoms with Crippen LogP contribution in [0.5, 0.6) is 0 Å². The highest BCUT2D eigenvalue weighted by Gasteiger charge is 2.32. The summed E-state index contributed by atoms with van der Waals surface area (Å²) in [5.74, 6) is 1.38. The Bertz CT molecular complexity index is 755. The first-order valence-electron chi connectivity index (χ1n) is 10.2. The van der Waals surface area contributed by atoms with Gasteiger partial charge < -0.3 is 9.26 Å². The Hall–Kier alpha value is -1.77. The van der Waals surface area contributed by atoms with E-state index < -0.39 is 0 Å². The van der Waals surface area contributed by atoms with Crippen molar-refractivity contribution in [2.75, 3.05) is 32.8 Å². The van der Waals surface area contributed by atoms with Gasteiger partial charge >= 0.3 is 5.97 Å². The number of thiophene rings is 1. The zero-order chi connectivity index (χ0) is 19.3. The van der Waals surface area contributed by atoms with Gasteiger partial charge in [-0.25, -0.2) is 0 Å². The van der Waals surface area contributed by atoms with E-state index >= 15 is 0 Å². The van der Waals surface area contributed by atoms with Gasteiger partial charge in [-0.3, -0.25) is 14.6 Å². The fourth-order valence-corrected chi connectivity index (χ4v) is 4.90. The van der Waals surface area contributed by atoms with E-state index in [0.29, 0.717) is 30.9 Å². The van der Waals surface area contributed by atoms with E-state index in [-0.39, 0.29) is 11.9 Å². The van der Waals surface area contributed by atoms with Crippen LogP contribution in [0.1, 0.15) is 38.5 Å². The standard InChI is InChI=1S/C20H28N4O3S/c1-2-26-20(25)15-5-3-9-24(13-15)16-7-10-23(11-8-16)14-18-21-19(22-27-18)17-6-4-12-28-17/h4,6,12,15-16H,2-3,5,7-11,13-14H2,1H3/t15-/m1/s1. The lowest BCUT2D eigenvalue weighted by atomic mass is 9.94. The zero-order valence-electron chi connectivity index (χ0n) is 16.4. The quantitative estimate of drug-likeness (QED) is 0.685. The first-order chi connectivity index (χ1) is 13.7. The number of nitrogens with zero attached hydrogens (tertiary/aromatic N) is 4. The van der Waals surface area contributed by atoms with E-state index in [0.717, 1.165) is 56.7 Å². The third-order valence-electron chi connectivity index (χ3n) is 5.71. The highest BCUT2D eigenvalue weighted by atomic mass is 32.1. The predicted molar refractivity (Wildman–Crippen MR) is 107 cm³/mol. The highest BCUT2D eigenvalue weighted by Crippen LogP contribution is 2.26. The summed E-state index contributed by atoms with van der Waals surface area (Å²) in [7, 11) is 0. The van der Waals surface area contributed by atoms with Gasteiger partial charge in [-0.15, -0.1) is 11.3 Å². The van der Waals surface area contributed by atoms with Crippen molar-refractivity contribution < 1.29 is 14.1 Å². The number of carbonyl (C=O) groups excluding carboxylic acids is 1. The molecule has 0 bridgehead atoms. The maximum Gasteiger partial charge on any atom is 0.310 e. The van der Waals surface area contributed by atoms with Gasteiger partial charge in [-0.1, -0.05) is 11.2 Å². The van der Waals surface area contributed by atoms with Gasteiger partial charge in [-0.05, 0) is 50.6 Å². The number of carbonyl (C=O) groups is 1. The van der Waals surface area contributed by atoms with Crippen molar-refractivity contribution in [3.8, 4) is 10.7 Å². The molecule has 0 aliphatic carbocycles.